The van der Waals surface area contributed by atoms with E-state index in [1.54, 1.807) is 6.07 Å². The van der Waals surface area contributed by atoms with Crippen molar-refractivity contribution < 1.29 is 9.60 Å². The molecule has 0 saturated heterocycles. The zero-order valence-electron chi connectivity index (χ0n) is 7.87. The number of hydrogen-bond donors (Lipinski definition) is 3. The fraction of sp³-hybridized carbons (Fsp3) is 0.222. The molecular weight excluding hydrogens is 265 g/mol. The van der Waals surface area contributed by atoms with Crippen molar-refractivity contribution in [1.82, 2.24) is 0 Å². The molecule has 0 unspecified atom stereocenters. The second-order valence-corrected chi connectivity index (χ2v) is 3.75. The summed E-state index contributed by atoms with van der Waals surface area (Å²) in [6.45, 7) is 0.514. The average molecular weight is 276 g/mol. The van der Waals surface area contributed by atoms with Gasteiger partial charge in [-0.25, -0.2) is 4.39 Å². The highest BCUT2D eigenvalue weighted by molar-refractivity contribution is 9.10. The molecule has 4 nitrogen and oxygen atoms in total. The van der Waals surface area contributed by atoms with Gasteiger partial charge in [-0.15, -0.1) is 0 Å². The topological polar surface area (TPSA) is 70.6 Å². The minimum atomic E-state index is -0.302. The van der Waals surface area contributed by atoms with Gasteiger partial charge in [0.1, 0.15) is 11.7 Å². The fourth-order valence-corrected chi connectivity index (χ4v) is 1.50. The normalized spacial score (nSPS) is 11.5. The molecule has 0 bridgehead atoms. The van der Waals surface area contributed by atoms with Crippen LogP contribution in [0.25, 0.3) is 0 Å². The van der Waals surface area contributed by atoms with Gasteiger partial charge in [0.05, 0.1) is 0 Å². The first-order chi connectivity index (χ1) is 7.13. The number of oxime groups is 1. The van der Waals surface area contributed by atoms with Gasteiger partial charge in [0.15, 0.2) is 0 Å². The molecule has 0 amide bonds. The summed E-state index contributed by atoms with van der Waals surface area (Å²) in [7, 11) is 0. The summed E-state index contributed by atoms with van der Waals surface area (Å²) in [5.41, 5.74) is 6.05. The highest BCUT2D eigenvalue weighted by Gasteiger charge is 2.01. The van der Waals surface area contributed by atoms with Gasteiger partial charge in [0.2, 0.25) is 0 Å². The van der Waals surface area contributed by atoms with Crippen LogP contribution in [0.5, 0.6) is 0 Å². The van der Waals surface area contributed by atoms with Gasteiger partial charge in [0, 0.05) is 23.1 Å². The van der Waals surface area contributed by atoms with Gasteiger partial charge in [-0.2, -0.15) is 0 Å². The molecule has 4 N–H and O–H groups in total. The molecule has 1 rings (SSSR count). The van der Waals surface area contributed by atoms with E-state index in [9.17, 15) is 4.39 Å². The fourth-order valence-electron chi connectivity index (χ4n) is 1.01. The lowest BCUT2D eigenvalue weighted by Gasteiger charge is -2.07. The van der Waals surface area contributed by atoms with Crippen LogP contribution >= 0.6 is 15.9 Å². The van der Waals surface area contributed by atoms with E-state index in [0.717, 1.165) is 5.69 Å². The van der Waals surface area contributed by atoms with E-state index in [-0.39, 0.29) is 11.7 Å². The number of hydrogen-bond acceptors (Lipinski definition) is 3. The van der Waals surface area contributed by atoms with Crippen molar-refractivity contribution in [2.75, 3.05) is 11.9 Å². The summed E-state index contributed by atoms with van der Waals surface area (Å²) in [6.07, 6.45) is 0.417. The lowest BCUT2D eigenvalue weighted by atomic mass is 10.3. The number of anilines is 1. The van der Waals surface area contributed by atoms with Crippen molar-refractivity contribution in [1.29, 1.82) is 0 Å². The lowest BCUT2D eigenvalue weighted by Crippen LogP contribution is -2.16. The molecule has 0 radical (unpaired) electrons. The Kier molecular flexibility index (Phi) is 4.36. The quantitative estimate of drug-likeness (QED) is 0.341. The molecule has 6 heteroatoms. The van der Waals surface area contributed by atoms with Crippen molar-refractivity contribution in [3.63, 3.8) is 0 Å². The molecule has 0 spiro atoms. The third-order valence-electron chi connectivity index (χ3n) is 1.76. The zero-order valence-corrected chi connectivity index (χ0v) is 9.46. The molecular formula is C9H11BrFN3O. The molecule has 0 fully saturated rings. The van der Waals surface area contributed by atoms with Crippen molar-refractivity contribution >= 4 is 27.5 Å². The summed E-state index contributed by atoms with van der Waals surface area (Å²) >= 11 is 3.22. The molecule has 0 heterocycles. The number of halogens is 2. The molecule has 15 heavy (non-hydrogen) atoms. The highest BCUT2D eigenvalue weighted by atomic mass is 79.9. The van der Waals surface area contributed by atoms with Crippen LogP contribution in [0.4, 0.5) is 10.1 Å². The SMILES string of the molecule is NC(CCNc1ccc(F)cc1Br)=NO. The van der Waals surface area contributed by atoms with Gasteiger partial charge < -0.3 is 16.3 Å². The zero-order chi connectivity index (χ0) is 11.3. The summed E-state index contributed by atoms with van der Waals surface area (Å²) in [6, 6.07) is 4.34. The molecule has 1 aromatic rings. The summed E-state index contributed by atoms with van der Waals surface area (Å²) in [5, 5.41) is 14.2. The van der Waals surface area contributed by atoms with E-state index in [4.69, 9.17) is 10.9 Å². The number of nitrogens with two attached hydrogens (primary N) is 1. The average Bonchev–Trinajstić information content (AvgIpc) is 2.21. The number of amidine groups is 1. The van der Waals surface area contributed by atoms with Gasteiger partial charge >= 0.3 is 0 Å². The van der Waals surface area contributed by atoms with Crippen LogP contribution in [0.2, 0.25) is 0 Å². The van der Waals surface area contributed by atoms with E-state index < -0.39 is 0 Å². The second kappa shape index (κ2) is 5.55. The van der Waals surface area contributed by atoms with Crippen LogP contribution < -0.4 is 11.1 Å². The molecule has 0 atom stereocenters. The Balaban J connectivity index is 2.51. The maximum absolute atomic E-state index is 12.7. The van der Waals surface area contributed by atoms with E-state index in [0.29, 0.717) is 17.4 Å². The lowest BCUT2D eigenvalue weighted by molar-refractivity contribution is 0.317. The van der Waals surface area contributed by atoms with E-state index in [1.807, 2.05) is 0 Å². The minimum absolute atomic E-state index is 0.153. The van der Waals surface area contributed by atoms with Gasteiger partial charge in [0.25, 0.3) is 0 Å². The Bertz CT molecular complexity index is 370. The Morgan fingerprint density at radius 2 is 2.33 bits per heavy atom. The molecule has 0 aliphatic rings. The first-order valence-corrected chi connectivity index (χ1v) is 5.08. The van der Waals surface area contributed by atoms with Crippen LogP contribution in [0.3, 0.4) is 0 Å². The molecule has 0 aliphatic carbocycles. The molecule has 1 aromatic carbocycles. The third kappa shape index (κ3) is 3.75. The number of benzene rings is 1. The van der Waals surface area contributed by atoms with Gasteiger partial charge in [-0.3, -0.25) is 0 Å². The van der Waals surface area contributed by atoms with E-state index in [1.165, 1.54) is 12.1 Å². The number of nitrogens with one attached hydrogen (secondary N) is 1. The van der Waals surface area contributed by atoms with Crippen LogP contribution in [0.1, 0.15) is 6.42 Å². The monoisotopic (exact) mass is 275 g/mol. The largest absolute Gasteiger partial charge is 0.409 e. The molecule has 0 aliphatic heterocycles. The van der Waals surface area contributed by atoms with Crippen LogP contribution in [-0.4, -0.2) is 17.6 Å². The third-order valence-corrected chi connectivity index (χ3v) is 2.41. The van der Waals surface area contributed by atoms with E-state index >= 15 is 0 Å². The van der Waals surface area contributed by atoms with Crippen molar-refractivity contribution in [3.8, 4) is 0 Å². The van der Waals surface area contributed by atoms with Crippen LogP contribution in [0.15, 0.2) is 27.8 Å². The molecule has 0 aromatic heterocycles. The predicted molar refractivity (Wildman–Crippen MR) is 60.6 cm³/mol. The summed E-state index contributed by atoms with van der Waals surface area (Å²) in [4.78, 5) is 0. The highest BCUT2D eigenvalue weighted by Crippen LogP contribution is 2.22. The Morgan fingerprint density at radius 3 is 2.93 bits per heavy atom. The number of rotatable bonds is 4. The molecule has 82 valence electrons. The van der Waals surface area contributed by atoms with Crippen molar-refractivity contribution in [3.05, 3.63) is 28.5 Å². The Labute approximate surface area is 95.1 Å². The van der Waals surface area contributed by atoms with Crippen LogP contribution in [-0.2, 0) is 0 Å². The maximum Gasteiger partial charge on any atom is 0.140 e. The standard InChI is InChI=1S/C9H11BrFN3O/c10-7-5-6(11)1-2-8(7)13-4-3-9(12)14-15/h1-2,5,13,15H,3-4H2,(H2,12,14). The smallest absolute Gasteiger partial charge is 0.140 e. The summed E-state index contributed by atoms with van der Waals surface area (Å²) in [5.74, 6) is -0.149. The van der Waals surface area contributed by atoms with Crippen molar-refractivity contribution in [2.24, 2.45) is 10.9 Å². The number of nitrogens with zero attached hydrogens (tertiary/aromatic N) is 1. The first-order valence-electron chi connectivity index (χ1n) is 4.29. The van der Waals surface area contributed by atoms with E-state index in [2.05, 4.69) is 26.4 Å². The Hall–Kier alpha value is -1.30. The van der Waals surface area contributed by atoms with Crippen LogP contribution in [0, 0.1) is 5.82 Å². The van der Waals surface area contributed by atoms with Gasteiger partial charge in [-0.1, -0.05) is 5.16 Å². The first kappa shape index (κ1) is 11.8. The summed E-state index contributed by atoms with van der Waals surface area (Å²) < 4.78 is 13.4. The minimum Gasteiger partial charge on any atom is -0.409 e. The predicted octanol–water partition coefficient (Wildman–Crippen LogP) is 2.14. The second-order valence-electron chi connectivity index (χ2n) is 2.89. The molecule has 0 saturated carbocycles. The van der Waals surface area contributed by atoms with Crippen molar-refractivity contribution in [2.45, 2.75) is 6.42 Å². The maximum atomic E-state index is 12.7. The Morgan fingerprint density at radius 1 is 1.60 bits per heavy atom. The van der Waals surface area contributed by atoms with Gasteiger partial charge in [-0.05, 0) is 34.1 Å².